The molecule has 0 saturated heterocycles. The molecule has 98 valence electrons. The zero-order valence-electron chi connectivity index (χ0n) is 10.5. The highest BCUT2D eigenvalue weighted by Gasteiger charge is 2.14. The Bertz CT molecular complexity index is 373. The van der Waals surface area contributed by atoms with E-state index in [9.17, 15) is 4.79 Å². The zero-order chi connectivity index (χ0) is 13.4. The van der Waals surface area contributed by atoms with Crippen molar-refractivity contribution in [2.24, 2.45) is 0 Å². The topological polar surface area (TPSA) is 55.8 Å². The quantitative estimate of drug-likeness (QED) is 0.595. The molecule has 0 heterocycles. The van der Waals surface area contributed by atoms with Crippen molar-refractivity contribution >= 4 is 11.7 Å². The lowest BCUT2D eigenvalue weighted by Crippen LogP contribution is -2.11. The first-order valence-corrected chi connectivity index (χ1v) is 5.89. The van der Waals surface area contributed by atoms with Gasteiger partial charge in [0.15, 0.2) is 0 Å². The molecular formula is C14H18O4. The van der Waals surface area contributed by atoms with E-state index in [1.165, 1.54) is 0 Å². The number of carbonyl (C=O) groups excluding carboxylic acids is 1. The number of rotatable bonds is 7. The van der Waals surface area contributed by atoms with Gasteiger partial charge in [0, 0.05) is 5.56 Å². The molecule has 0 spiro atoms. The molecule has 0 bridgehead atoms. The smallest absolute Gasteiger partial charge is 0.338 e. The van der Waals surface area contributed by atoms with Gasteiger partial charge in [0.2, 0.25) is 0 Å². The predicted octanol–water partition coefficient (Wildman–Crippen LogP) is 2.23. The van der Waals surface area contributed by atoms with Gasteiger partial charge in [0.05, 0.1) is 18.8 Å². The summed E-state index contributed by atoms with van der Waals surface area (Å²) < 4.78 is 10.3. The number of esters is 1. The van der Waals surface area contributed by atoms with Crippen molar-refractivity contribution in [3.8, 4) is 0 Å². The van der Waals surface area contributed by atoms with Gasteiger partial charge in [-0.1, -0.05) is 31.7 Å². The van der Waals surface area contributed by atoms with E-state index in [1.807, 2.05) is 6.92 Å². The van der Waals surface area contributed by atoms with Crippen LogP contribution in [0.2, 0.25) is 0 Å². The van der Waals surface area contributed by atoms with E-state index in [1.54, 1.807) is 24.3 Å². The minimum atomic E-state index is -0.485. The summed E-state index contributed by atoms with van der Waals surface area (Å²) in [6.07, 6.45) is 0.871. The monoisotopic (exact) mass is 250 g/mol. The van der Waals surface area contributed by atoms with Crippen molar-refractivity contribution in [3.63, 3.8) is 0 Å². The molecule has 0 aliphatic rings. The lowest BCUT2D eigenvalue weighted by Gasteiger charge is -2.12. The zero-order valence-corrected chi connectivity index (χ0v) is 10.5. The fourth-order valence-electron chi connectivity index (χ4n) is 1.42. The third kappa shape index (κ3) is 3.89. The predicted molar refractivity (Wildman–Crippen MR) is 69.1 cm³/mol. The van der Waals surface area contributed by atoms with Crippen LogP contribution in [0, 0.1) is 0 Å². The minimum absolute atomic E-state index is 0.0184. The Labute approximate surface area is 107 Å². The van der Waals surface area contributed by atoms with E-state index in [2.05, 4.69) is 6.58 Å². The summed E-state index contributed by atoms with van der Waals surface area (Å²) in [5, 5.41) is 8.64. The molecule has 1 aromatic carbocycles. The van der Waals surface area contributed by atoms with E-state index < -0.39 is 5.97 Å². The number of benzene rings is 1. The van der Waals surface area contributed by atoms with Crippen LogP contribution in [0.25, 0.3) is 5.76 Å². The number of hydrogen-bond donors (Lipinski definition) is 1. The first kappa shape index (κ1) is 14.3. The Balaban J connectivity index is 2.85. The van der Waals surface area contributed by atoms with Crippen molar-refractivity contribution < 1.29 is 19.4 Å². The molecule has 1 N–H and O–H groups in total. The summed E-state index contributed by atoms with van der Waals surface area (Å²) in [4.78, 5) is 11.8. The molecule has 18 heavy (non-hydrogen) atoms. The highest BCUT2D eigenvalue weighted by Crippen LogP contribution is 2.19. The first-order valence-electron chi connectivity index (χ1n) is 5.89. The van der Waals surface area contributed by atoms with Crippen molar-refractivity contribution in [1.29, 1.82) is 0 Å². The Kier molecular flexibility index (Phi) is 5.94. The van der Waals surface area contributed by atoms with Crippen molar-refractivity contribution in [2.75, 3.05) is 19.8 Å². The van der Waals surface area contributed by atoms with Crippen LogP contribution >= 0.6 is 0 Å². The van der Waals surface area contributed by atoms with Crippen LogP contribution < -0.4 is 0 Å². The van der Waals surface area contributed by atoms with Gasteiger partial charge in [0.1, 0.15) is 12.4 Å². The minimum Gasteiger partial charge on any atom is -0.494 e. The highest BCUT2D eigenvalue weighted by atomic mass is 16.5. The second kappa shape index (κ2) is 7.50. The normalized spacial score (nSPS) is 9.89. The second-order valence-electron chi connectivity index (χ2n) is 3.68. The van der Waals surface area contributed by atoms with Gasteiger partial charge in [-0.05, 0) is 12.5 Å². The summed E-state index contributed by atoms with van der Waals surface area (Å²) in [5.74, 6) is -0.0331. The van der Waals surface area contributed by atoms with Gasteiger partial charge < -0.3 is 14.6 Å². The summed E-state index contributed by atoms with van der Waals surface area (Å²) in [6.45, 7) is 6.14. The van der Waals surface area contributed by atoms with Crippen LogP contribution in [0.3, 0.4) is 0 Å². The van der Waals surface area contributed by atoms with Gasteiger partial charge >= 0.3 is 5.97 Å². The van der Waals surface area contributed by atoms with Crippen LogP contribution in [0.15, 0.2) is 30.8 Å². The number of aliphatic hydroxyl groups excluding tert-OH is 1. The molecule has 4 heteroatoms. The maximum Gasteiger partial charge on any atom is 0.338 e. The molecular weight excluding hydrogens is 232 g/mol. The van der Waals surface area contributed by atoms with Crippen LogP contribution in [0.1, 0.15) is 29.3 Å². The Hall–Kier alpha value is -1.81. The lowest BCUT2D eigenvalue weighted by molar-refractivity contribution is 0.0433. The van der Waals surface area contributed by atoms with E-state index >= 15 is 0 Å². The van der Waals surface area contributed by atoms with Gasteiger partial charge in [0.25, 0.3) is 0 Å². The number of aliphatic hydroxyl groups is 1. The molecule has 4 nitrogen and oxygen atoms in total. The average molecular weight is 250 g/mol. The standard InChI is InChI=1S/C14H18O4/c1-3-9-17-11(2)12-6-4-5-7-13(12)14(16)18-10-8-15/h4-7,15H,2-3,8-10H2,1H3. The average Bonchev–Trinajstić information content (AvgIpc) is 2.42. The van der Waals surface area contributed by atoms with Crippen molar-refractivity contribution in [1.82, 2.24) is 0 Å². The Morgan fingerprint density at radius 1 is 1.22 bits per heavy atom. The van der Waals surface area contributed by atoms with Crippen molar-refractivity contribution in [3.05, 3.63) is 42.0 Å². The fourth-order valence-corrected chi connectivity index (χ4v) is 1.42. The summed E-state index contributed by atoms with van der Waals surface area (Å²) >= 11 is 0. The maximum absolute atomic E-state index is 11.8. The second-order valence-corrected chi connectivity index (χ2v) is 3.68. The molecule has 0 radical (unpaired) electrons. The van der Waals surface area contributed by atoms with Gasteiger partial charge in [-0.25, -0.2) is 4.79 Å². The van der Waals surface area contributed by atoms with E-state index in [4.69, 9.17) is 14.6 Å². The van der Waals surface area contributed by atoms with E-state index in [0.29, 0.717) is 23.5 Å². The van der Waals surface area contributed by atoms with Gasteiger partial charge in [-0.3, -0.25) is 0 Å². The van der Waals surface area contributed by atoms with Crippen molar-refractivity contribution in [2.45, 2.75) is 13.3 Å². The van der Waals surface area contributed by atoms with Crippen LogP contribution in [-0.4, -0.2) is 30.9 Å². The number of carbonyl (C=O) groups is 1. The molecule has 0 amide bonds. The van der Waals surface area contributed by atoms with Crippen LogP contribution in [0.5, 0.6) is 0 Å². The fraction of sp³-hybridized carbons (Fsp3) is 0.357. The Morgan fingerprint density at radius 2 is 1.89 bits per heavy atom. The number of ether oxygens (including phenoxy) is 2. The molecule has 0 unspecified atom stereocenters. The van der Waals surface area contributed by atoms with Crippen LogP contribution in [-0.2, 0) is 9.47 Å². The highest BCUT2D eigenvalue weighted by molar-refractivity contribution is 5.94. The molecule has 0 aliphatic carbocycles. The largest absolute Gasteiger partial charge is 0.494 e. The molecule has 0 aliphatic heterocycles. The van der Waals surface area contributed by atoms with E-state index in [-0.39, 0.29) is 13.2 Å². The SMILES string of the molecule is C=C(OCCC)c1ccccc1C(=O)OCCO. The van der Waals surface area contributed by atoms with Gasteiger partial charge in [-0.15, -0.1) is 0 Å². The van der Waals surface area contributed by atoms with Crippen LogP contribution in [0.4, 0.5) is 0 Å². The molecule has 0 atom stereocenters. The van der Waals surface area contributed by atoms with Gasteiger partial charge in [-0.2, -0.15) is 0 Å². The lowest BCUT2D eigenvalue weighted by atomic mass is 10.1. The summed E-state index contributed by atoms with van der Waals surface area (Å²) in [6, 6.07) is 6.95. The molecule has 0 fully saturated rings. The third-order valence-corrected chi connectivity index (χ3v) is 2.25. The molecule has 1 aromatic rings. The summed E-state index contributed by atoms with van der Waals surface area (Å²) in [5.41, 5.74) is 1.01. The number of hydrogen-bond acceptors (Lipinski definition) is 4. The Morgan fingerprint density at radius 3 is 2.50 bits per heavy atom. The molecule has 1 rings (SSSR count). The first-order chi connectivity index (χ1) is 8.70. The third-order valence-electron chi connectivity index (χ3n) is 2.25. The van der Waals surface area contributed by atoms with E-state index in [0.717, 1.165) is 6.42 Å². The summed E-state index contributed by atoms with van der Waals surface area (Å²) in [7, 11) is 0. The molecule has 0 saturated carbocycles. The maximum atomic E-state index is 11.8. The molecule has 0 aromatic heterocycles.